The van der Waals surface area contributed by atoms with E-state index in [2.05, 4.69) is 5.32 Å². The molecule has 0 aromatic heterocycles. The molecular formula is C18H19F4N2O+. The standard InChI is InChI=1S/C18H18F4N2O/c1-12(24(2)11-13-6-8-15(19)9-7-13)17(25)23-16-5-3-4-14(10-16)18(20,21)22/h3-10,12H,11H2,1-2H3,(H,23,25)/p+1/t12-/m0/s1. The van der Waals surface area contributed by atoms with Crippen LogP contribution >= 0.6 is 0 Å². The van der Waals surface area contributed by atoms with Crippen LogP contribution in [0.5, 0.6) is 0 Å². The second-order valence-electron chi connectivity index (χ2n) is 5.94. The molecule has 25 heavy (non-hydrogen) atoms. The molecule has 0 aliphatic rings. The monoisotopic (exact) mass is 355 g/mol. The Morgan fingerprint density at radius 3 is 2.40 bits per heavy atom. The van der Waals surface area contributed by atoms with Gasteiger partial charge in [0.25, 0.3) is 5.91 Å². The number of quaternary nitrogens is 1. The number of alkyl halides is 3. The molecule has 0 bridgehead atoms. The van der Waals surface area contributed by atoms with Crippen LogP contribution in [0, 0.1) is 5.82 Å². The van der Waals surface area contributed by atoms with Crippen molar-refractivity contribution in [2.24, 2.45) is 0 Å². The van der Waals surface area contributed by atoms with Crippen LogP contribution in [0.3, 0.4) is 0 Å². The van der Waals surface area contributed by atoms with Crippen LogP contribution in [-0.2, 0) is 17.5 Å². The van der Waals surface area contributed by atoms with E-state index in [-0.39, 0.29) is 17.4 Å². The maximum absolute atomic E-state index is 12.9. The van der Waals surface area contributed by atoms with Crippen LogP contribution in [0.25, 0.3) is 0 Å². The molecule has 3 nitrogen and oxygen atoms in total. The summed E-state index contributed by atoms with van der Waals surface area (Å²) in [7, 11) is 1.79. The minimum Gasteiger partial charge on any atom is -0.324 e. The topological polar surface area (TPSA) is 33.5 Å². The van der Waals surface area contributed by atoms with Gasteiger partial charge in [-0.25, -0.2) is 4.39 Å². The lowest BCUT2D eigenvalue weighted by Crippen LogP contribution is -3.12. The van der Waals surface area contributed by atoms with Gasteiger partial charge < -0.3 is 10.2 Å². The Balaban J connectivity index is 2.01. The van der Waals surface area contributed by atoms with E-state index in [1.54, 1.807) is 26.1 Å². The highest BCUT2D eigenvalue weighted by atomic mass is 19.4. The fourth-order valence-corrected chi connectivity index (χ4v) is 2.32. The molecule has 134 valence electrons. The molecule has 0 saturated heterocycles. The van der Waals surface area contributed by atoms with Gasteiger partial charge in [0.1, 0.15) is 12.4 Å². The third kappa shape index (κ3) is 5.29. The number of anilines is 1. The Morgan fingerprint density at radius 2 is 1.80 bits per heavy atom. The summed E-state index contributed by atoms with van der Waals surface area (Å²) in [6.07, 6.45) is -4.46. The number of amides is 1. The second kappa shape index (κ2) is 7.65. The summed E-state index contributed by atoms with van der Waals surface area (Å²) in [5.74, 6) is -0.726. The van der Waals surface area contributed by atoms with Crippen LogP contribution in [0.4, 0.5) is 23.2 Å². The van der Waals surface area contributed by atoms with E-state index in [0.29, 0.717) is 6.54 Å². The highest BCUT2D eigenvalue weighted by molar-refractivity contribution is 5.93. The summed E-state index contributed by atoms with van der Waals surface area (Å²) in [4.78, 5) is 13.1. The van der Waals surface area contributed by atoms with Crippen molar-refractivity contribution >= 4 is 11.6 Å². The molecular weight excluding hydrogens is 336 g/mol. The second-order valence-corrected chi connectivity index (χ2v) is 5.94. The van der Waals surface area contributed by atoms with Crippen molar-refractivity contribution in [1.82, 2.24) is 0 Å². The summed E-state index contributed by atoms with van der Waals surface area (Å²) >= 11 is 0. The number of rotatable bonds is 5. The molecule has 0 aliphatic heterocycles. The minimum absolute atomic E-state index is 0.0984. The molecule has 0 aliphatic carbocycles. The average molecular weight is 355 g/mol. The van der Waals surface area contributed by atoms with Crippen molar-refractivity contribution in [1.29, 1.82) is 0 Å². The van der Waals surface area contributed by atoms with Gasteiger partial charge in [-0.2, -0.15) is 13.2 Å². The lowest BCUT2D eigenvalue weighted by Gasteiger charge is -2.21. The van der Waals surface area contributed by atoms with Gasteiger partial charge in [-0.15, -0.1) is 0 Å². The molecule has 7 heteroatoms. The number of likely N-dealkylation sites (N-methyl/N-ethyl adjacent to an activating group) is 1. The molecule has 2 rings (SSSR count). The van der Waals surface area contributed by atoms with Gasteiger partial charge in [-0.3, -0.25) is 4.79 Å². The first-order chi connectivity index (χ1) is 11.7. The Hall–Kier alpha value is -2.41. The lowest BCUT2D eigenvalue weighted by molar-refractivity contribution is -0.907. The van der Waals surface area contributed by atoms with Crippen LogP contribution in [-0.4, -0.2) is 19.0 Å². The van der Waals surface area contributed by atoms with Crippen LogP contribution in [0.2, 0.25) is 0 Å². The van der Waals surface area contributed by atoms with Crippen LogP contribution < -0.4 is 10.2 Å². The first-order valence-electron chi connectivity index (χ1n) is 7.71. The first kappa shape index (κ1) is 18.9. The molecule has 0 saturated carbocycles. The summed E-state index contributed by atoms with van der Waals surface area (Å²) in [6.45, 7) is 2.17. The summed E-state index contributed by atoms with van der Waals surface area (Å²) in [5.41, 5.74) is 0.142. The maximum atomic E-state index is 12.9. The normalized spacial score (nSPS) is 14.0. The van der Waals surface area contributed by atoms with Gasteiger partial charge in [-0.1, -0.05) is 18.2 Å². The van der Waals surface area contributed by atoms with E-state index in [0.717, 1.165) is 22.6 Å². The van der Waals surface area contributed by atoms with Gasteiger partial charge in [0, 0.05) is 11.3 Å². The van der Waals surface area contributed by atoms with E-state index in [1.807, 2.05) is 0 Å². The van der Waals surface area contributed by atoms with Crippen molar-refractivity contribution in [2.45, 2.75) is 25.7 Å². The summed E-state index contributed by atoms with van der Waals surface area (Å²) in [6, 6.07) is 9.97. The molecule has 0 spiro atoms. The quantitative estimate of drug-likeness (QED) is 0.795. The Bertz CT molecular complexity index is 729. The predicted molar refractivity (Wildman–Crippen MR) is 86.5 cm³/mol. The average Bonchev–Trinajstić information content (AvgIpc) is 2.55. The first-order valence-corrected chi connectivity index (χ1v) is 7.71. The van der Waals surface area contributed by atoms with E-state index >= 15 is 0 Å². The maximum Gasteiger partial charge on any atom is 0.416 e. The molecule has 2 atom stereocenters. The molecule has 2 aromatic rings. The molecule has 2 aromatic carbocycles. The third-order valence-electron chi connectivity index (χ3n) is 3.99. The molecule has 2 N–H and O–H groups in total. The zero-order valence-electron chi connectivity index (χ0n) is 13.8. The largest absolute Gasteiger partial charge is 0.416 e. The Kier molecular flexibility index (Phi) is 5.79. The predicted octanol–water partition coefficient (Wildman–Crippen LogP) is 2.89. The molecule has 1 amide bonds. The number of nitrogens with one attached hydrogen (secondary N) is 2. The van der Waals surface area contributed by atoms with Crippen molar-refractivity contribution in [3.8, 4) is 0 Å². The van der Waals surface area contributed by atoms with E-state index < -0.39 is 17.8 Å². The fraction of sp³-hybridized carbons (Fsp3) is 0.278. The van der Waals surface area contributed by atoms with Gasteiger partial charge in [0.15, 0.2) is 6.04 Å². The van der Waals surface area contributed by atoms with Crippen molar-refractivity contribution in [2.75, 3.05) is 12.4 Å². The number of carbonyl (C=O) groups excluding carboxylic acids is 1. The van der Waals surface area contributed by atoms with Crippen LogP contribution in [0.15, 0.2) is 48.5 Å². The van der Waals surface area contributed by atoms with Crippen molar-refractivity contribution in [3.05, 3.63) is 65.5 Å². The Labute approximate surface area is 143 Å². The zero-order valence-corrected chi connectivity index (χ0v) is 13.8. The molecule has 1 unspecified atom stereocenters. The van der Waals surface area contributed by atoms with Gasteiger partial charge in [0.2, 0.25) is 0 Å². The van der Waals surface area contributed by atoms with Crippen LogP contribution in [0.1, 0.15) is 18.1 Å². The summed E-state index contributed by atoms with van der Waals surface area (Å²) in [5, 5.41) is 2.51. The number of hydrogen-bond acceptors (Lipinski definition) is 1. The van der Waals surface area contributed by atoms with E-state index in [9.17, 15) is 22.4 Å². The van der Waals surface area contributed by atoms with Crippen molar-refractivity contribution < 1.29 is 27.3 Å². The van der Waals surface area contributed by atoms with E-state index in [4.69, 9.17) is 0 Å². The molecule has 0 radical (unpaired) electrons. The third-order valence-corrected chi connectivity index (χ3v) is 3.99. The fourth-order valence-electron chi connectivity index (χ4n) is 2.32. The highest BCUT2D eigenvalue weighted by Gasteiger charge is 2.31. The number of carbonyl (C=O) groups is 1. The number of hydrogen-bond donors (Lipinski definition) is 2. The molecule has 0 fully saturated rings. The smallest absolute Gasteiger partial charge is 0.324 e. The van der Waals surface area contributed by atoms with Gasteiger partial charge in [0.05, 0.1) is 12.6 Å². The Morgan fingerprint density at radius 1 is 1.16 bits per heavy atom. The summed E-state index contributed by atoms with van der Waals surface area (Å²) < 4.78 is 51.1. The van der Waals surface area contributed by atoms with Gasteiger partial charge >= 0.3 is 6.18 Å². The molecule has 0 heterocycles. The SMILES string of the molecule is C[C@@H](C(=O)Nc1cccc(C(F)(F)F)c1)[NH+](C)Cc1ccc(F)cc1. The van der Waals surface area contributed by atoms with Crippen molar-refractivity contribution in [3.63, 3.8) is 0 Å². The minimum atomic E-state index is -4.46. The van der Waals surface area contributed by atoms with Gasteiger partial charge in [-0.05, 0) is 37.3 Å². The highest BCUT2D eigenvalue weighted by Crippen LogP contribution is 2.30. The lowest BCUT2D eigenvalue weighted by atomic mass is 10.1. The van der Waals surface area contributed by atoms with E-state index in [1.165, 1.54) is 24.3 Å². The zero-order chi connectivity index (χ0) is 18.6. The number of halogens is 4. The number of benzene rings is 2.